The molecule has 1 aliphatic rings. The summed E-state index contributed by atoms with van der Waals surface area (Å²) in [5, 5.41) is 9.91. The Bertz CT molecular complexity index is 1140. The van der Waals surface area contributed by atoms with Gasteiger partial charge in [-0.25, -0.2) is 4.98 Å². The molecule has 4 rings (SSSR count). The van der Waals surface area contributed by atoms with Crippen LogP contribution in [-0.2, 0) is 12.6 Å². The highest BCUT2D eigenvalue weighted by molar-refractivity contribution is 9.11. The third-order valence-corrected chi connectivity index (χ3v) is 6.27. The van der Waals surface area contributed by atoms with Crippen molar-refractivity contribution in [1.29, 1.82) is 0 Å². The van der Waals surface area contributed by atoms with E-state index >= 15 is 0 Å². The van der Waals surface area contributed by atoms with Crippen molar-refractivity contribution in [3.05, 3.63) is 74.2 Å². The van der Waals surface area contributed by atoms with Gasteiger partial charge in [0.15, 0.2) is 0 Å². The van der Waals surface area contributed by atoms with Crippen LogP contribution >= 0.6 is 31.9 Å². The van der Waals surface area contributed by atoms with Crippen molar-refractivity contribution in [3.63, 3.8) is 0 Å². The van der Waals surface area contributed by atoms with E-state index in [0.29, 0.717) is 38.1 Å². The van der Waals surface area contributed by atoms with E-state index in [1.165, 1.54) is 24.3 Å². The number of phenolic OH excluding ortho intramolecular Hbond substituents is 1. The number of amides is 1. The van der Waals surface area contributed by atoms with Crippen LogP contribution in [0.5, 0.6) is 5.75 Å². The number of hydrogen-bond donors (Lipinski definition) is 1. The maximum atomic E-state index is 13.2. The smallest absolute Gasteiger partial charge is 0.416 e. The molecule has 0 spiro atoms. The Labute approximate surface area is 193 Å². The van der Waals surface area contributed by atoms with Crippen molar-refractivity contribution in [2.45, 2.75) is 19.0 Å². The number of nitrogens with zero attached hydrogens (tertiary/aromatic N) is 2. The number of aromatic nitrogens is 1. The molecule has 0 atom stereocenters. The third kappa shape index (κ3) is 4.34. The molecule has 0 saturated carbocycles. The van der Waals surface area contributed by atoms with Crippen molar-refractivity contribution in [2.75, 3.05) is 11.4 Å². The molecule has 0 fully saturated rings. The van der Waals surface area contributed by atoms with E-state index in [2.05, 4.69) is 36.8 Å². The maximum absolute atomic E-state index is 13.2. The van der Waals surface area contributed by atoms with Gasteiger partial charge in [0.1, 0.15) is 11.6 Å². The van der Waals surface area contributed by atoms with E-state index in [1.807, 2.05) is 6.07 Å². The molecule has 1 amide bonds. The van der Waals surface area contributed by atoms with Gasteiger partial charge in [0.25, 0.3) is 5.91 Å². The summed E-state index contributed by atoms with van der Waals surface area (Å²) in [7, 11) is 0. The molecule has 1 aromatic heterocycles. The van der Waals surface area contributed by atoms with Gasteiger partial charge in [-0.2, -0.15) is 13.2 Å². The lowest BCUT2D eigenvalue weighted by atomic mass is 10.0. The van der Waals surface area contributed by atoms with Gasteiger partial charge in [0, 0.05) is 17.7 Å². The molecule has 2 heterocycles. The van der Waals surface area contributed by atoms with E-state index < -0.39 is 11.7 Å². The molecular weight excluding hydrogens is 541 g/mol. The van der Waals surface area contributed by atoms with Gasteiger partial charge in [0.05, 0.1) is 20.2 Å². The summed E-state index contributed by atoms with van der Waals surface area (Å²) >= 11 is 6.47. The Kier molecular flexibility index (Phi) is 5.83. The fraction of sp³-hybridized carbons (Fsp3) is 0.182. The van der Waals surface area contributed by atoms with Crippen molar-refractivity contribution in [1.82, 2.24) is 4.98 Å². The second-order valence-electron chi connectivity index (χ2n) is 7.10. The van der Waals surface area contributed by atoms with Crippen LogP contribution in [0, 0.1) is 0 Å². The van der Waals surface area contributed by atoms with Gasteiger partial charge in [-0.3, -0.25) is 9.69 Å². The number of halogens is 5. The van der Waals surface area contributed by atoms with E-state index in [-0.39, 0.29) is 11.7 Å². The van der Waals surface area contributed by atoms with Gasteiger partial charge < -0.3 is 5.11 Å². The summed E-state index contributed by atoms with van der Waals surface area (Å²) in [6.45, 7) is 0.464. The number of pyridine rings is 1. The highest BCUT2D eigenvalue weighted by Gasteiger charge is 2.30. The number of hydrogen-bond acceptors (Lipinski definition) is 3. The minimum atomic E-state index is -4.41. The molecule has 0 bridgehead atoms. The molecule has 2 aromatic carbocycles. The zero-order valence-electron chi connectivity index (χ0n) is 15.9. The van der Waals surface area contributed by atoms with Gasteiger partial charge in [0.2, 0.25) is 0 Å². The van der Waals surface area contributed by atoms with Crippen molar-refractivity contribution < 1.29 is 23.1 Å². The zero-order valence-corrected chi connectivity index (χ0v) is 19.1. The number of carbonyl (C=O) groups is 1. The zero-order chi connectivity index (χ0) is 22.3. The van der Waals surface area contributed by atoms with Gasteiger partial charge >= 0.3 is 6.18 Å². The van der Waals surface area contributed by atoms with E-state index in [9.17, 15) is 23.1 Å². The summed E-state index contributed by atoms with van der Waals surface area (Å²) < 4.78 is 39.3. The highest BCUT2D eigenvalue weighted by Crippen LogP contribution is 2.36. The van der Waals surface area contributed by atoms with Crippen LogP contribution < -0.4 is 4.90 Å². The minimum Gasteiger partial charge on any atom is -0.506 e. The van der Waals surface area contributed by atoms with Crippen LogP contribution in [0.1, 0.15) is 27.9 Å². The average Bonchev–Trinajstić information content (AvgIpc) is 2.75. The van der Waals surface area contributed by atoms with E-state index in [4.69, 9.17) is 0 Å². The SMILES string of the molecule is O=C(c1cc(Br)c(O)c(Br)c1)N1CCCc2ccc(-c3ccc(C(F)(F)F)cc3)nc21. The topological polar surface area (TPSA) is 53.4 Å². The molecule has 0 aliphatic carbocycles. The fourth-order valence-electron chi connectivity index (χ4n) is 3.47. The quantitative estimate of drug-likeness (QED) is 0.388. The summed E-state index contributed by atoms with van der Waals surface area (Å²) in [5.74, 6) is 0.215. The number of benzene rings is 2. The van der Waals surface area contributed by atoms with Crippen LogP contribution in [0.2, 0.25) is 0 Å². The second kappa shape index (κ2) is 8.27. The second-order valence-corrected chi connectivity index (χ2v) is 8.81. The predicted molar refractivity (Wildman–Crippen MR) is 118 cm³/mol. The standard InChI is InChI=1S/C22H15Br2F3N2O2/c23-16-10-14(11-17(24)19(16)30)21(31)29-9-1-2-13-5-8-18(28-20(13)29)12-3-6-15(7-4-12)22(25,26)27/h3-8,10-11,30H,1-2,9H2. The number of aryl methyl sites for hydroxylation is 1. The first-order chi connectivity index (χ1) is 14.6. The summed E-state index contributed by atoms with van der Waals surface area (Å²) in [6, 6.07) is 11.5. The first-order valence-corrected chi connectivity index (χ1v) is 10.9. The number of phenols is 1. The molecule has 0 unspecified atom stereocenters. The number of carbonyl (C=O) groups excluding carboxylic acids is 1. The normalized spacial score (nSPS) is 13.8. The van der Waals surface area contributed by atoms with Crippen LogP contribution in [0.25, 0.3) is 11.3 Å². The molecule has 31 heavy (non-hydrogen) atoms. The van der Waals surface area contributed by atoms with Crippen LogP contribution in [-0.4, -0.2) is 22.5 Å². The van der Waals surface area contributed by atoms with E-state index in [0.717, 1.165) is 30.5 Å². The van der Waals surface area contributed by atoms with Crippen LogP contribution in [0.15, 0.2) is 57.5 Å². The number of fused-ring (bicyclic) bond motifs is 1. The lowest BCUT2D eigenvalue weighted by Gasteiger charge is -2.29. The maximum Gasteiger partial charge on any atom is 0.416 e. The minimum absolute atomic E-state index is 0.00157. The van der Waals surface area contributed by atoms with Crippen LogP contribution in [0.3, 0.4) is 0 Å². The molecule has 160 valence electrons. The van der Waals surface area contributed by atoms with Gasteiger partial charge in [-0.1, -0.05) is 18.2 Å². The van der Waals surface area contributed by atoms with Gasteiger partial charge in [-0.15, -0.1) is 0 Å². The fourth-order valence-corrected chi connectivity index (χ4v) is 4.66. The molecular formula is C22H15Br2F3N2O2. The number of aromatic hydroxyl groups is 1. The van der Waals surface area contributed by atoms with Crippen LogP contribution in [0.4, 0.5) is 19.0 Å². The number of rotatable bonds is 2. The van der Waals surface area contributed by atoms with Crippen molar-refractivity contribution >= 4 is 43.6 Å². The Hall–Kier alpha value is -2.39. The molecule has 1 N–H and O–H groups in total. The Morgan fingerprint density at radius 3 is 2.29 bits per heavy atom. The summed E-state index contributed by atoms with van der Waals surface area (Å²) in [5.41, 5.74) is 1.55. The Morgan fingerprint density at radius 2 is 1.68 bits per heavy atom. The van der Waals surface area contributed by atoms with Crippen molar-refractivity contribution in [3.8, 4) is 17.0 Å². The molecule has 3 aromatic rings. The molecule has 1 aliphatic heterocycles. The number of alkyl halides is 3. The third-order valence-electron chi connectivity index (χ3n) is 5.06. The first kappa shape index (κ1) is 21.8. The summed E-state index contributed by atoms with van der Waals surface area (Å²) in [4.78, 5) is 19.4. The predicted octanol–water partition coefficient (Wildman–Crippen LogP) is 6.59. The Morgan fingerprint density at radius 1 is 1.03 bits per heavy atom. The molecule has 4 nitrogen and oxygen atoms in total. The molecule has 0 radical (unpaired) electrons. The first-order valence-electron chi connectivity index (χ1n) is 9.32. The highest BCUT2D eigenvalue weighted by atomic mass is 79.9. The summed E-state index contributed by atoms with van der Waals surface area (Å²) in [6.07, 6.45) is -2.89. The van der Waals surface area contributed by atoms with Crippen molar-refractivity contribution in [2.24, 2.45) is 0 Å². The van der Waals surface area contributed by atoms with Gasteiger partial charge in [-0.05, 0) is 80.6 Å². The average molecular weight is 556 g/mol. The largest absolute Gasteiger partial charge is 0.506 e. The van der Waals surface area contributed by atoms with E-state index in [1.54, 1.807) is 11.0 Å². The Balaban J connectivity index is 1.71. The monoisotopic (exact) mass is 554 g/mol. The molecule has 0 saturated heterocycles. The molecule has 9 heteroatoms. The number of anilines is 1. The lowest BCUT2D eigenvalue weighted by Crippen LogP contribution is -2.36. The lowest BCUT2D eigenvalue weighted by molar-refractivity contribution is -0.137.